The lowest BCUT2D eigenvalue weighted by Crippen LogP contribution is -2.52. The molecular formula is C17H22Cl3N3S. The summed E-state index contributed by atoms with van der Waals surface area (Å²) >= 11 is 14.0. The highest BCUT2D eigenvalue weighted by atomic mass is 35.5. The van der Waals surface area contributed by atoms with Gasteiger partial charge in [-0.1, -0.05) is 37.0 Å². The number of aromatic nitrogens is 1. The number of benzene rings is 1. The van der Waals surface area contributed by atoms with E-state index >= 15 is 0 Å². The molecule has 1 aromatic heterocycles. The van der Waals surface area contributed by atoms with Crippen molar-refractivity contribution in [1.82, 2.24) is 9.88 Å². The summed E-state index contributed by atoms with van der Waals surface area (Å²) in [7, 11) is 0. The van der Waals surface area contributed by atoms with Gasteiger partial charge in [-0.3, -0.25) is 4.90 Å². The quantitative estimate of drug-likeness (QED) is 0.771. The van der Waals surface area contributed by atoms with Crippen LogP contribution in [0, 0.1) is 5.41 Å². The van der Waals surface area contributed by atoms with Gasteiger partial charge in [0.15, 0.2) is 0 Å². The molecule has 2 aromatic rings. The fourth-order valence-electron chi connectivity index (χ4n) is 3.01. The zero-order chi connectivity index (χ0) is 16.6. The number of rotatable bonds is 3. The van der Waals surface area contributed by atoms with Crippen molar-refractivity contribution >= 4 is 46.9 Å². The van der Waals surface area contributed by atoms with Crippen LogP contribution in [0.3, 0.4) is 0 Å². The molecule has 1 unspecified atom stereocenters. The van der Waals surface area contributed by atoms with E-state index in [9.17, 15) is 0 Å². The van der Waals surface area contributed by atoms with Gasteiger partial charge in [0.2, 0.25) is 0 Å². The Morgan fingerprint density at radius 2 is 2.12 bits per heavy atom. The average molecular weight is 407 g/mol. The van der Waals surface area contributed by atoms with E-state index in [2.05, 4.69) is 18.7 Å². The predicted molar refractivity (Wildman–Crippen MR) is 106 cm³/mol. The minimum atomic E-state index is 0. The molecule has 1 aliphatic rings. The summed E-state index contributed by atoms with van der Waals surface area (Å²) in [5, 5.41) is 4.50. The Labute approximate surface area is 163 Å². The van der Waals surface area contributed by atoms with E-state index in [-0.39, 0.29) is 23.9 Å². The SMILES string of the molecule is CC1(C)CN(Cc2nc(-c3cc(Cl)ccc3Cl)cs2)CCC1N.Cl. The Balaban J connectivity index is 0.00000208. The molecule has 1 saturated heterocycles. The first-order chi connectivity index (χ1) is 10.8. The van der Waals surface area contributed by atoms with Crippen LogP contribution in [0.15, 0.2) is 23.6 Å². The molecule has 0 radical (unpaired) electrons. The highest BCUT2D eigenvalue weighted by molar-refractivity contribution is 7.09. The van der Waals surface area contributed by atoms with E-state index in [1.54, 1.807) is 17.4 Å². The highest BCUT2D eigenvalue weighted by Crippen LogP contribution is 2.33. The van der Waals surface area contributed by atoms with Crippen molar-refractivity contribution in [3.63, 3.8) is 0 Å². The summed E-state index contributed by atoms with van der Waals surface area (Å²) in [6.07, 6.45) is 1.03. The van der Waals surface area contributed by atoms with Gasteiger partial charge >= 0.3 is 0 Å². The second-order valence-corrected chi connectivity index (χ2v) is 8.63. The van der Waals surface area contributed by atoms with Crippen LogP contribution in [0.25, 0.3) is 11.3 Å². The van der Waals surface area contributed by atoms with Crippen LogP contribution in [-0.4, -0.2) is 29.0 Å². The van der Waals surface area contributed by atoms with Crippen LogP contribution < -0.4 is 5.73 Å². The maximum Gasteiger partial charge on any atom is 0.107 e. The Hall–Kier alpha value is -0.360. The first kappa shape index (κ1) is 20.0. The van der Waals surface area contributed by atoms with Crippen LogP contribution >= 0.6 is 46.9 Å². The second-order valence-electron chi connectivity index (χ2n) is 6.85. The first-order valence-corrected chi connectivity index (χ1v) is 9.36. The molecule has 7 heteroatoms. The predicted octanol–water partition coefficient (Wildman–Crippen LogP) is 5.10. The van der Waals surface area contributed by atoms with Gasteiger partial charge in [0, 0.05) is 35.1 Å². The van der Waals surface area contributed by atoms with Gasteiger partial charge < -0.3 is 5.73 Å². The maximum atomic E-state index is 6.27. The summed E-state index contributed by atoms with van der Waals surface area (Å²) in [5.74, 6) is 0. The third kappa shape index (κ3) is 4.43. The lowest BCUT2D eigenvalue weighted by molar-refractivity contribution is 0.0898. The van der Waals surface area contributed by atoms with Crippen LogP contribution in [0.2, 0.25) is 10.0 Å². The zero-order valence-electron chi connectivity index (χ0n) is 13.8. The third-order valence-electron chi connectivity index (χ3n) is 4.51. The van der Waals surface area contributed by atoms with Crippen molar-refractivity contribution < 1.29 is 0 Å². The Morgan fingerprint density at radius 1 is 1.38 bits per heavy atom. The third-order valence-corrected chi connectivity index (χ3v) is 5.90. The normalized spacial score (nSPS) is 20.6. The fraction of sp³-hybridized carbons (Fsp3) is 0.471. The van der Waals surface area contributed by atoms with Gasteiger partial charge in [0.1, 0.15) is 5.01 Å². The van der Waals surface area contributed by atoms with Crippen molar-refractivity contribution in [2.75, 3.05) is 13.1 Å². The lowest BCUT2D eigenvalue weighted by Gasteiger charge is -2.42. The van der Waals surface area contributed by atoms with E-state index in [0.29, 0.717) is 10.0 Å². The minimum absolute atomic E-state index is 0. The number of thiazole rings is 1. The molecule has 0 bridgehead atoms. The fourth-order valence-corrected chi connectivity index (χ4v) is 4.23. The van der Waals surface area contributed by atoms with Crippen molar-refractivity contribution in [2.45, 2.75) is 32.9 Å². The molecule has 1 atom stereocenters. The summed E-state index contributed by atoms with van der Waals surface area (Å²) < 4.78 is 0. The van der Waals surface area contributed by atoms with Gasteiger partial charge in [-0.2, -0.15) is 0 Å². The molecule has 3 rings (SSSR count). The highest BCUT2D eigenvalue weighted by Gasteiger charge is 2.33. The number of hydrogen-bond donors (Lipinski definition) is 1. The van der Waals surface area contributed by atoms with Crippen molar-refractivity contribution in [3.8, 4) is 11.3 Å². The average Bonchev–Trinajstić information content (AvgIpc) is 2.93. The van der Waals surface area contributed by atoms with E-state index in [1.807, 2.05) is 17.5 Å². The van der Waals surface area contributed by atoms with Crippen molar-refractivity contribution in [1.29, 1.82) is 0 Å². The van der Waals surface area contributed by atoms with Crippen LogP contribution in [0.1, 0.15) is 25.3 Å². The molecule has 2 N–H and O–H groups in total. The van der Waals surface area contributed by atoms with Gasteiger partial charge in [0.25, 0.3) is 0 Å². The van der Waals surface area contributed by atoms with Crippen molar-refractivity contribution in [3.05, 3.63) is 38.6 Å². The minimum Gasteiger partial charge on any atom is -0.327 e. The molecule has 0 spiro atoms. The number of nitrogens with two attached hydrogens (primary N) is 1. The zero-order valence-corrected chi connectivity index (χ0v) is 16.9. The Morgan fingerprint density at radius 3 is 2.83 bits per heavy atom. The molecule has 1 aromatic carbocycles. The molecule has 132 valence electrons. The number of halogens is 3. The number of piperidine rings is 1. The molecule has 1 fully saturated rings. The largest absolute Gasteiger partial charge is 0.327 e. The Kier molecular flexibility index (Phi) is 6.57. The number of nitrogens with zero attached hydrogens (tertiary/aromatic N) is 2. The first-order valence-electron chi connectivity index (χ1n) is 7.73. The molecular weight excluding hydrogens is 385 g/mol. The second kappa shape index (κ2) is 7.90. The van der Waals surface area contributed by atoms with Gasteiger partial charge in [-0.15, -0.1) is 23.7 Å². The molecule has 1 aliphatic heterocycles. The van der Waals surface area contributed by atoms with E-state index in [1.165, 1.54) is 0 Å². The molecule has 0 saturated carbocycles. The van der Waals surface area contributed by atoms with E-state index in [0.717, 1.165) is 42.3 Å². The van der Waals surface area contributed by atoms with Crippen LogP contribution in [-0.2, 0) is 6.54 Å². The summed E-state index contributed by atoms with van der Waals surface area (Å²) in [6, 6.07) is 5.74. The van der Waals surface area contributed by atoms with Gasteiger partial charge in [-0.25, -0.2) is 4.98 Å². The molecule has 3 nitrogen and oxygen atoms in total. The molecule has 24 heavy (non-hydrogen) atoms. The Bertz CT molecular complexity index is 702. The summed E-state index contributed by atoms with van der Waals surface area (Å²) in [4.78, 5) is 7.18. The van der Waals surface area contributed by atoms with Gasteiger partial charge in [0.05, 0.1) is 17.3 Å². The molecule has 0 amide bonds. The van der Waals surface area contributed by atoms with Crippen LogP contribution in [0.4, 0.5) is 0 Å². The van der Waals surface area contributed by atoms with E-state index < -0.39 is 0 Å². The maximum absolute atomic E-state index is 6.27. The topological polar surface area (TPSA) is 42.2 Å². The van der Waals surface area contributed by atoms with E-state index in [4.69, 9.17) is 33.9 Å². The summed E-state index contributed by atoms with van der Waals surface area (Å²) in [5.41, 5.74) is 8.14. The smallest absolute Gasteiger partial charge is 0.107 e. The molecule has 0 aliphatic carbocycles. The molecule has 2 heterocycles. The van der Waals surface area contributed by atoms with Gasteiger partial charge in [-0.05, 0) is 30.0 Å². The lowest BCUT2D eigenvalue weighted by atomic mass is 9.80. The van der Waals surface area contributed by atoms with Crippen LogP contribution in [0.5, 0.6) is 0 Å². The number of hydrogen-bond acceptors (Lipinski definition) is 4. The number of likely N-dealkylation sites (tertiary alicyclic amines) is 1. The standard InChI is InChI=1S/C17H21Cl2N3S.ClH/c1-17(2)10-22(6-5-15(17)20)8-16-21-14(9-23-16)12-7-11(18)3-4-13(12)19;/h3-4,7,9,15H,5-6,8,10,20H2,1-2H3;1H. The van der Waals surface area contributed by atoms with Crippen molar-refractivity contribution in [2.24, 2.45) is 11.1 Å². The monoisotopic (exact) mass is 405 g/mol. The summed E-state index contributed by atoms with van der Waals surface area (Å²) in [6.45, 7) is 7.36.